The maximum atomic E-state index is 12.6. The van der Waals surface area contributed by atoms with Crippen LogP contribution < -0.4 is 10.4 Å². The summed E-state index contributed by atoms with van der Waals surface area (Å²) >= 11 is 0. The van der Waals surface area contributed by atoms with Gasteiger partial charge in [0.2, 0.25) is 6.04 Å². The van der Waals surface area contributed by atoms with Crippen LogP contribution in [0.4, 0.5) is 5.69 Å². The first-order valence-electron chi connectivity index (χ1n) is 8.69. The summed E-state index contributed by atoms with van der Waals surface area (Å²) in [4.78, 5) is 36.7. The zero-order valence-electron chi connectivity index (χ0n) is 15.2. The average Bonchev–Trinajstić information content (AvgIpc) is 3.00. The number of hydrazine groups is 1. The minimum Gasteiger partial charge on any atom is -0.292 e. The summed E-state index contributed by atoms with van der Waals surface area (Å²) < 4.78 is 32.6. The number of nitrogens with zero attached hydrogens (tertiary/aromatic N) is 3. The van der Waals surface area contributed by atoms with Crippen LogP contribution in [0.1, 0.15) is 17.2 Å². The second-order valence-electron chi connectivity index (χ2n) is 6.49. The summed E-state index contributed by atoms with van der Waals surface area (Å²) in [6, 6.07) is 11.6. The normalized spacial score (nSPS) is 21.6. The van der Waals surface area contributed by atoms with Crippen LogP contribution in [0.3, 0.4) is 0 Å². The molecule has 2 amide bonds. The van der Waals surface area contributed by atoms with Gasteiger partial charge < -0.3 is 0 Å². The van der Waals surface area contributed by atoms with E-state index >= 15 is 0 Å². The quantitative estimate of drug-likeness (QED) is 0.430. The lowest BCUT2D eigenvalue weighted by atomic mass is 9.92. The Balaban J connectivity index is 1.65. The molecule has 11 heteroatoms. The Morgan fingerprint density at radius 1 is 0.900 bits per heavy atom. The second kappa shape index (κ2) is 7.28. The molecule has 1 fully saturated rings. The van der Waals surface area contributed by atoms with Gasteiger partial charge in [0.25, 0.3) is 21.9 Å². The van der Waals surface area contributed by atoms with E-state index < -0.39 is 44.7 Å². The summed E-state index contributed by atoms with van der Waals surface area (Å²) in [5.74, 6) is -2.13. The first kappa shape index (κ1) is 19.6. The van der Waals surface area contributed by atoms with E-state index in [2.05, 4.69) is 15.7 Å². The van der Waals surface area contributed by atoms with Crippen LogP contribution in [-0.4, -0.2) is 36.6 Å². The number of para-hydroxylation sites is 1. The molecule has 0 saturated carbocycles. The van der Waals surface area contributed by atoms with Gasteiger partial charge >= 0.3 is 0 Å². The topological polar surface area (TPSA) is 146 Å². The summed E-state index contributed by atoms with van der Waals surface area (Å²) in [6.07, 6.45) is 0.758. The van der Waals surface area contributed by atoms with E-state index in [0.29, 0.717) is 5.69 Å². The Labute approximate surface area is 170 Å². The van der Waals surface area contributed by atoms with E-state index in [9.17, 15) is 27.4 Å². The van der Waals surface area contributed by atoms with Crippen molar-refractivity contribution in [2.45, 2.75) is 12.1 Å². The summed E-state index contributed by atoms with van der Waals surface area (Å²) in [6.45, 7) is 0. The number of fused-ring (bicyclic) bond motifs is 1. The first-order chi connectivity index (χ1) is 14.3. The van der Waals surface area contributed by atoms with E-state index in [1.54, 1.807) is 36.4 Å². The van der Waals surface area contributed by atoms with E-state index in [1.807, 2.05) is 0 Å². The highest BCUT2D eigenvalue weighted by molar-refractivity contribution is 7.95. The Kier molecular flexibility index (Phi) is 4.76. The number of rotatable bonds is 4. The number of amides is 2. The van der Waals surface area contributed by atoms with Crippen LogP contribution in [0.25, 0.3) is 4.91 Å². The predicted octanol–water partition coefficient (Wildman–Crippen LogP) is 1.44. The first-order valence-corrected chi connectivity index (χ1v) is 10.1. The Hall–Kier alpha value is -3.70. The molecule has 2 atom stereocenters. The van der Waals surface area contributed by atoms with Crippen molar-refractivity contribution in [2.24, 2.45) is 10.2 Å². The lowest BCUT2D eigenvalue weighted by Crippen LogP contribution is -2.35. The molecule has 0 radical (unpaired) electrons. The van der Waals surface area contributed by atoms with Crippen molar-refractivity contribution in [2.75, 3.05) is 5.01 Å². The fourth-order valence-corrected chi connectivity index (χ4v) is 3.93. The number of carbonyl (C=O) groups is 3. The van der Waals surface area contributed by atoms with Gasteiger partial charge in [0.05, 0.1) is 5.69 Å². The number of benzene rings is 2. The van der Waals surface area contributed by atoms with E-state index in [4.69, 9.17) is 0 Å². The number of nitrogens with one attached hydrogen (secondary N) is 1. The highest BCUT2D eigenvalue weighted by Crippen LogP contribution is 2.36. The van der Waals surface area contributed by atoms with Gasteiger partial charge in [-0.3, -0.25) is 24.4 Å². The van der Waals surface area contributed by atoms with Gasteiger partial charge in [-0.1, -0.05) is 42.5 Å². The fraction of sp³-hybridized carbons (Fsp3) is 0.105. The van der Waals surface area contributed by atoms with Gasteiger partial charge in [-0.2, -0.15) is 18.6 Å². The molecule has 2 unspecified atom stereocenters. The molecule has 1 saturated heterocycles. The van der Waals surface area contributed by atoms with Crippen LogP contribution >= 0.6 is 0 Å². The van der Waals surface area contributed by atoms with Crippen LogP contribution in [-0.2, 0) is 24.5 Å². The minimum absolute atomic E-state index is 0.0941. The zero-order valence-corrected chi connectivity index (χ0v) is 16.0. The third kappa shape index (κ3) is 3.40. The molecule has 0 aromatic heterocycles. The van der Waals surface area contributed by atoms with Crippen molar-refractivity contribution in [1.82, 2.24) is 5.43 Å². The molecule has 152 valence electrons. The molecular weight excluding hydrogens is 412 g/mol. The molecule has 1 aliphatic carbocycles. The van der Waals surface area contributed by atoms with Crippen LogP contribution in [0.15, 0.2) is 70.9 Å². The standard InChI is InChI=1S/C19H14N4O6S/c24-14-10-15(30(27,28)29)12-8-4-5-9-13(12)16(14)20-21-17-18(25)22-23(19(17)26)11-6-2-1-3-7-11/h1-10,16-17H,(H,22,25)(H,27,28,29). The maximum absolute atomic E-state index is 12.6. The Morgan fingerprint density at radius 3 is 2.23 bits per heavy atom. The molecular formula is C19H14N4O6S. The van der Waals surface area contributed by atoms with Gasteiger partial charge in [0.15, 0.2) is 11.8 Å². The number of azo groups is 1. The van der Waals surface area contributed by atoms with Crippen molar-refractivity contribution in [3.8, 4) is 0 Å². The molecule has 30 heavy (non-hydrogen) atoms. The summed E-state index contributed by atoms with van der Waals surface area (Å²) in [5.41, 5.74) is 3.12. The maximum Gasteiger partial charge on any atom is 0.295 e. The molecule has 0 spiro atoms. The molecule has 1 aliphatic heterocycles. The molecule has 2 N–H and O–H groups in total. The van der Waals surface area contributed by atoms with Crippen molar-refractivity contribution in [3.05, 3.63) is 71.8 Å². The second-order valence-corrected chi connectivity index (χ2v) is 7.88. The van der Waals surface area contributed by atoms with Gasteiger partial charge in [0, 0.05) is 11.6 Å². The predicted molar refractivity (Wildman–Crippen MR) is 104 cm³/mol. The minimum atomic E-state index is -4.64. The van der Waals surface area contributed by atoms with Gasteiger partial charge in [-0.15, -0.1) is 0 Å². The SMILES string of the molecule is O=C1NN(c2ccccc2)C(=O)C1N=NC1C(=O)C=C(S(=O)(=O)O)c2ccccc21. The number of hydrogen-bond donors (Lipinski definition) is 2. The third-order valence-corrected chi connectivity index (χ3v) is 5.47. The highest BCUT2D eigenvalue weighted by Gasteiger charge is 2.41. The van der Waals surface area contributed by atoms with Crippen molar-refractivity contribution in [1.29, 1.82) is 0 Å². The van der Waals surface area contributed by atoms with E-state index in [0.717, 1.165) is 11.1 Å². The molecule has 0 bridgehead atoms. The van der Waals surface area contributed by atoms with Crippen molar-refractivity contribution in [3.63, 3.8) is 0 Å². The Morgan fingerprint density at radius 2 is 1.53 bits per heavy atom. The molecule has 2 aromatic carbocycles. The largest absolute Gasteiger partial charge is 0.295 e. The molecule has 10 nitrogen and oxygen atoms in total. The van der Waals surface area contributed by atoms with E-state index in [-0.39, 0.29) is 11.1 Å². The van der Waals surface area contributed by atoms with E-state index in [1.165, 1.54) is 18.2 Å². The zero-order chi connectivity index (χ0) is 21.5. The van der Waals surface area contributed by atoms with Gasteiger partial charge in [-0.05, 0) is 17.7 Å². The van der Waals surface area contributed by atoms with Gasteiger partial charge in [-0.25, -0.2) is 5.01 Å². The Bertz CT molecular complexity index is 1220. The molecule has 1 heterocycles. The molecule has 2 aliphatic rings. The smallest absolute Gasteiger partial charge is 0.292 e. The van der Waals surface area contributed by atoms with Crippen LogP contribution in [0, 0.1) is 0 Å². The summed E-state index contributed by atoms with van der Waals surface area (Å²) in [5, 5.41) is 8.70. The fourth-order valence-electron chi connectivity index (χ4n) is 3.20. The molecule has 4 rings (SSSR count). The van der Waals surface area contributed by atoms with Crippen LogP contribution in [0.5, 0.6) is 0 Å². The van der Waals surface area contributed by atoms with Crippen molar-refractivity contribution < 1.29 is 27.4 Å². The number of ketones is 1. The number of hydrogen-bond acceptors (Lipinski definition) is 7. The van der Waals surface area contributed by atoms with Crippen molar-refractivity contribution >= 4 is 38.3 Å². The number of anilines is 1. The lowest BCUT2D eigenvalue weighted by molar-refractivity contribution is -0.124. The highest BCUT2D eigenvalue weighted by atomic mass is 32.2. The number of carbonyl (C=O) groups excluding carboxylic acids is 3. The van der Waals surface area contributed by atoms with Crippen LogP contribution in [0.2, 0.25) is 0 Å². The average molecular weight is 426 g/mol. The lowest BCUT2D eigenvalue weighted by Gasteiger charge is -2.19. The van der Waals surface area contributed by atoms with Gasteiger partial charge in [0.1, 0.15) is 4.91 Å². The molecule has 2 aromatic rings. The monoisotopic (exact) mass is 426 g/mol. The third-order valence-electron chi connectivity index (χ3n) is 4.58. The summed E-state index contributed by atoms with van der Waals surface area (Å²) in [7, 11) is -4.64.